The fourth-order valence-corrected chi connectivity index (χ4v) is 6.12. The number of hydrogen-bond acceptors (Lipinski definition) is 6. The third-order valence-electron chi connectivity index (χ3n) is 5.81. The Balaban J connectivity index is 1.58. The number of hydrogen-bond donors (Lipinski definition) is 0. The summed E-state index contributed by atoms with van der Waals surface area (Å²) in [6.45, 7) is 0. The molecule has 4 aromatic heterocycles. The lowest BCUT2D eigenvalue weighted by atomic mass is 9.95. The molecular weight excluding hydrogens is 446 g/mol. The lowest BCUT2D eigenvalue weighted by Crippen LogP contribution is -1.93. The summed E-state index contributed by atoms with van der Waals surface area (Å²) >= 11 is 3.24. The van der Waals surface area contributed by atoms with E-state index < -0.39 is 0 Å². The molecule has 0 saturated carbocycles. The van der Waals surface area contributed by atoms with Gasteiger partial charge in [0, 0.05) is 43.2 Å². The molecule has 4 nitrogen and oxygen atoms in total. The second-order valence-corrected chi connectivity index (χ2v) is 9.63. The van der Waals surface area contributed by atoms with Gasteiger partial charge in [-0.05, 0) is 47.3 Å². The van der Waals surface area contributed by atoms with Crippen molar-refractivity contribution in [3.05, 3.63) is 91.3 Å². The number of benzene rings is 3. The van der Waals surface area contributed by atoms with Crippen molar-refractivity contribution < 1.29 is 4.52 Å². The summed E-state index contributed by atoms with van der Waals surface area (Å²) in [5, 5.41) is 7.71. The van der Waals surface area contributed by atoms with Crippen LogP contribution in [0.25, 0.3) is 64.1 Å². The van der Waals surface area contributed by atoms with Gasteiger partial charge >= 0.3 is 0 Å². The van der Waals surface area contributed by atoms with E-state index in [1.54, 1.807) is 11.3 Å². The Morgan fingerprint density at radius 2 is 1.58 bits per heavy atom. The lowest BCUT2D eigenvalue weighted by Gasteiger charge is -2.11. The van der Waals surface area contributed by atoms with E-state index in [-0.39, 0.29) is 0 Å². The van der Waals surface area contributed by atoms with Crippen LogP contribution in [0, 0.1) is 6.20 Å². The zero-order chi connectivity index (χ0) is 21.8. The lowest BCUT2D eigenvalue weighted by molar-refractivity contribution is 0.459. The molecule has 1 radical (unpaired) electrons. The first-order valence-electron chi connectivity index (χ1n) is 10.5. The zero-order valence-corrected chi connectivity index (χ0v) is 18.8. The van der Waals surface area contributed by atoms with Crippen LogP contribution in [0.1, 0.15) is 0 Å². The molecule has 0 amide bonds. The van der Waals surface area contributed by atoms with Crippen LogP contribution in [-0.2, 0) is 0 Å². The van der Waals surface area contributed by atoms with Gasteiger partial charge in [-0.25, -0.2) is 0 Å². The maximum absolute atomic E-state index is 5.65. The van der Waals surface area contributed by atoms with E-state index in [1.807, 2.05) is 36.5 Å². The third kappa shape index (κ3) is 2.92. The summed E-state index contributed by atoms with van der Waals surface area (Å²) in [7, 11) is 0. The largest absolute Gasteiger partial charge is 0.356 e. The molecule has 0 atom stereocenters. The highest BCUT2D eigenvalue weighted by atomic mass is 32.1. The predicted molar refractivity (Wildman–Crippen MR) is 136 cm³/mol. The van der Waals surface area contributed by atoms with Crippen LogP contribution in [0.4, 0.5) is 0 Å². The number of pyridine rings is 1. The quantitative estimate of drug-likeness (QED) is 0.269. The fourth-order valence-electron chi connectivity index (χ4n) is 4.27. The Kier molecular flexibility index (Phi) is 4.15. The summed E-state index contributed by atoms with van der Waals surface area (Å²) in [5.74, 6) is 0. The van der Waals surface area contributed by atoms with Crippen molar-refractivity contribution in [2.45, 2.75) is 0 Å². The summed E-state index contributed by atoms with van der Waals surface area (Å²) in [5.41, 5.74) is 5.23. The topological polar surface area (TPSA) is 51.8 Å². The van der Waals surface area contributed by atoms with Crippen molar-refractivity contribution in [2.75, 3.05) is 0 Å². The highest BCUT2D eigenvalue weighted by molar-refractivity contribution is 7.22. The Morgan fingerprint density at radius 3 is 2.48 bits per heavy atom. The summed E-state index contributed by atoms with van der Waals surface area (Å²) < 4.78 is 12.9. The fraction of sp³-hybridized carbons (Fsp3) is 0. The molecule has 7 rings (SSSR count). The minimum atomic E-state index is 0.748. The molecule has 6 heteroatoms. The van der Waals surface area contributed by atoms with Crippen LogP contribution < -0.4 is 0 Å². The first kappa shape index (κ1) is 18.7. The number of fused-ring (bicyclic) bond motifs is 3. The number of nitrogens with zero attached hydrogens (tertiary/aromatic N) is 3. The Bertz CT molecular complexity index is 1760. The van der Waals surface area contributed by atoms with Crippen LogP contribution in [0.2, 0.25) is 0 Å². The van der Waals surface area contributed by atoms with E-state index in [0.717, 1.165) is 54.0 Å². The summed E-state index contributed by atoms with van der Waals surface area (Å²) in [6.07, 6.45) is 5.11. The van der Waals surface area contributed by atoms with Crippen LogP contribution in [0.3, 0.4) is 0 Å². The molecular formula is C27H14N3OS2. The zero-order valence-electron chi connectivity index (χ0n) is 17.1. The predicted octanol–water partition coefficient (Wildman–Crippen LogP) is 7.85. The molecule has 0 spiro atoms. The van der Waals surface area contributed by atoms with Crippen molar-refractivity contribution in [3.63, 3.8) is 0 Å². The molecule has 4 heterocycles. The minimum absolute atomic E-state index is 0.748. The van der Waals surface area contributed by atoms with Gasteiger partial charge in [-0.1, -0.05) is 53.7 Å². The molecule has 0 fully saturated rings. The maximum Gasteiger partial charge on any atom is 0.167 e. The van der Waals surface area contributed by atoms with Gasteiger partial charge in [-0.15, -0.1) is 11.3 Å². The highest BCUT2D eigenvalue weighted by Crippen LogP contribution is 2.45. The third-order valence-corrected chi connectivity index (χ3v) is 7.77. The molecule has 0 bridgehead atoms. The van der Waals surface area contributed by atoms with Crippen LogP contribution >= 0.6 is 22.9 Å². The average molecular weight is 461 g/mol. The van der Waals surface area contributed by atoms with E-state index in [9.17, 15) is 0 Å². The number of aromatic nitrogens is 3. The van der Waals surface area contributed by atoms with Crippen molar-refractivity contribution in [3.8, 4) is 33.0 Å². The number of rotatable bonds is 3. The van der Waals surface area contributed by atoms with Gasteiger partial charge in [0.2, 0.25) is 0 Å². The van der Waals surface area contributed by atoms with E-state index in [0.29, 0.717) is 0 Å². The van der Waals surface area contributed by atoms with Crippen molar-refractivity contribution >= 4 is 54.0 Å². The van der Waals surface area contributed by atoms with Gasteiger partial charge in [0.15, 0.2) is 5.58 Å². The monoisotopic (exact) mass is 460 g/mol. The molecule has 7 aromatic rings. The van der Waals surface area contributed by atoms with Crippen molar-refractivity contribution in [1.82, 2.24) is 14.5 Å². The Morgan fingerprint density at radius 1 is 0.788 bits per heavy atom. The summed E-state index contributed by atoms with van der Waals surface area (Å²) in [6, 6.07) is 26.8. The molecule has 33 heavy (non-hydrogen) atoms. The van der Waals surface area contributed by atoms with Crippen LogP contribution in [-0.4, -0.2) is 14.5 Å². The van der Waals surface area contributed by atoms with Gasteiger partial charge in [0.1, 0.15) is 5.69 Å². The van der Waals surface area contributed by atoms with E-state index in [2.05, 4.69) is 64.9 Å². The van der Waals surface area contributed by atoms with Gasteiger partial charge < -0.3 is 4.52 Å². The van der Waals surface area contributed by atoms with Crippen LogP contribution in [0.15, 0.2) is 89.6 Å². The second kappa shape index (κ2) is 7.33. The van der Waals surface area contributed by atoms with Crippen molar-refractivity contribution in [2.24, 2.45) is 0 Å². The molecule has 155 valence electrons. The normalized spacial score (nSPS) is 11.6. The Hall–Kier alpha value is -3.87. The molecule has 0 aliphatic carbocycles. The van der Waals surface area contributed by atoms with Gasteiger partial charge in [-0.3, -0.25) is 4.98 Å². The first-order chi connectivity index (χ1) is 16.4. The molecule has 0 N–H and O–H groups in total. The molecule has 0 aliphatic rings. The van der Waals surface area contributed by atoms with E-state index >= 15 is 0 Å². The maximum atomic E-state index is 5.65. The minimum Gasteiger partial charge on any atom is -0.356 e. The molecule has 0 unspecified atom stereocenters. The SMILES string of the molecule is [c]1ncc(-c2noc3ccccc23)c(-c2nsc3ccccc23)c1-c1cc2ccccc2s1. The van der Waals surface area contributed by atoms with Crippen LogP contribution in [0.5, 0.6) is 0 Å². The standard InChI is InChI=1S/C27H14N3OS2/c1-5-11-22-16(7-1)13-24(32-22)19-14-28-15-20(26-17-8-2-4-10-21(17)31-29-26)25(19)27-18-9-3-6-12-23(18)33-30-27/h1-13,15H. The van der Waals surface area contributed by atoms with E-state index in [4.69, 9.17) is 8.90 Å². The van der Waals surface area contributed by atoms with E-state index in [1.165, 1.54) is 21.6 Å². The van der Waals surface area contributed by atoms with Crippen molar-refractivity contribution in [1.29, 1.82) is 0 Å². The molecule has 3 aromatic carbocycles. The summed E-state index contributed by atoms with van der Waals surface area (Å²) in [4.78, 5) is 5.62. The number of para-hydroxylation sites is 1. The molecule has 0 aliphatic heterocycles. The Labute approximate surface area is 196 Å². The highest BCUT2D eigenvalue weighted by Gasteiger charge is 2.23. The second-order valence-electron chi connectivity index (χ2n) is 7.74. The van der Waals surface area contributed by atoms with Gasteiger partial charge in [-0.2, -0.15) is 4.37 Å². The smallest absolute Gasteiger partial charge is 0.167 e. The molecule has 0 saturated heterocycles. The average Bonchev–Trinajstić information content (AvgIpc) is 3.59. The van der Waals surface area contributed by atoms with Gasteiger partial charge in [0.05, 0.1) is 16.6 Å². The van der Waals surface area contributed by atoms with Gasteiger partial charge in [0.25, 0.3) is 0 Å². The first-order valence-corrected chi connectivity index (χ1v) is 12.0. The number of thiophene rings is 1.